The molecule has 0 saturated heterocycles. The van der Waals surface area contributed by atoms with Crippen LogP contribution in [0.25, 0.3) is 11.2 Å². The van der Waals surface area contributed by atoms with E-state index in [4.69, 9.17) is 0 Å². The Kier molecular flexibility index (Phi) is 2.65. The number of nitrogens with zero attached hydrogens (tertiary/aromatic N) is 4. The molecule has 1 saturated carbocycles. The number of nitrogens with one attached hydrogen (secondary N) is 1. The van der Waals surface area contributed by atoms with Crippen molar-refractivity contribution in [3.8, 4) is 0 Å². The third kappa shape index (κ3) is 1.84. The van der Waals surface area contributed by atoms with E-state index in [1.807, 2.05) is 0 Å². The number of hydrogen-bond donors (Lipinski definition) is 1. The summed E-state index contributed by atoms with van der Waals surface area (Å²) in [5.41, 5.74) is 1.50. The lowest BCUT2D eigenvalue weighted by molar-refractivity contribution is 0.462. The van der Waals surface area contributed by atoms with Gasteiger partial charge in [-0.1, -0.05) is 19.3 Å². The van der Waals surface area contributed by atoms with E-state index in [2.05, 4.69) is 24.0 Å². The molecule has 2 aromatic heterocycles. The second kappa shape index (κ2) is 4.29. The van der Waals surface area contributed by atoms with E-state index in [0.29, 0.717) is 11.7 Å². The molecule has 0 aliphatic heterocycles. The van der Waals surface area contributed by atoms with Gasteiger partial charge in [0.2, 0.25) is 0 Å². The maximum absolute atomic E-state index is 4.26. The van der Waals surface area contributed by atoms with Crippen molar-refractivity contribution in [2.24, 2.45) is 0 Å². The summed E-state index contributed by atoms with van der Waals surface area (Å²) < 4.78 is 8.34. The molecule has 5 nitrogen and oxygen atoms in total. The van der Waals surface area contributed by atoms with Crippen molar-refractivity contribution in [1.82, 2.24) is 18.7 Å². The van der Waals surface area contributed by atoms with Gasteiger partial charge in [0.25, 0.3) is 0 Å². The topological polar surface area (TPSA) is 63.6 Å². The van der Waals surface area contributed by atoms with Crippen molar-refractivity contribution in [1.29, 1.82) is 0 Å². The Morgan fingerprint density at radius 1 is 1.12 bits per heavy atom. The fourth-order valence-electron chi connectivity index (χ4n) is 2.17. The summed E-state index contributed by atoms with van der Waals surface area (Å²) in [6.45, 7) is 0. The van der Waals surface area contributed by atoms with Crippen LogP contribution in [0.4, 0.5) is 5.82 Å². The molecule has 2 aromatic rings. The standard InChI is InChI=1S/C10H13N5S/c1-2-4-7(5-3-1)13-9-8-10(12-6-11-9)15-16-14-8/h6-7H,1-5H2,(H,11,12,13,15). The number of rotatable bonds is 2. The molecule has 84 valence electrons. The van der Waals surface area contributed by atoms with E-state index in [1.54, 1.807) is 6.33 Å². The van der Waals surface area contributed by atoms with Gasteiger partial charge >= 0.3 is 0 Å². The SMILES string of the molecule is c1nc(NC2CCCCC2)c2nsnc2n1. The largest absolute Gasteiger partial charge is 0.365 e. The molecular formula is C10H13N5S. The van der Waals surface area contributed by atoms with Gasteiger partial charge in [-0.2, -0.15) is 8.75 Å². The Morgan fingerprint density at radius 2 is 2.00 bits per heavy atom. The first-order valence-corrected chi connectivity index (χ1v) is 6.36. The van der Waals surface area contributed by atoms with Crippen LogP contribution in [0.15, 0.2) is 6.33 Å². The van der Waals surface area contributed by atoms with Crippen LogP contribution in [0.2, 0.25) is 0 Å². The van der Waals surface area contributed by atoms with Crippen LogP contribution in [0.5, 0.6) is 0 Å². The zero-order valence-electron chi connectivity index (χ0n) is 8.89. The normalized spacial score (nSPS) is 17.8. The molecule has 0 bridgehead atoms. The van der Waals surface area contributed by atoms with E-state index in [9.17, 15) is 0 Å². The van der Waals surface area contributed by atoms with Crippen LogP contribution in [0, 0.1) is 0 Å². The number of fused-ring (bicyclic) bond motifs is 1. The molecular weight excluding hydrogens is 222 g/mol. The van der Waals surface area contributed by atoms with Crippen LogP contribution >= 0.6 is 11.7 Å². The molecule has 6 heteroatoms. The second-order valence-corrected chi connectivity index (χ2v) is 4.67. The lowest BCUT2D eigenvalue weighted by atomic mass is 9.95. The third-order valence-corrected chi connectivity index (χ3v) is 3.53. The summed E-state index contributed by atoms with van der Waals surface area (Å²) in [5.74, 6) is 0.839. The van der Waals surface area contributed by atoms with Gasteiger partial charge in [0.1, 0.15) is 6.33 Å². The Bertz CT molecular complexity index is 477. The molecule has 0 unspecified atom stereocenters. The van der Waals surface area contributed by atoms with Gasteiger partial charge < -0.3 is 5.32 Å². The highest BCUT2D eigenvalue weighted by molar-refractivity contribution is 7.00. The Hall–Kier alpha value is -1.30. The predicted molar refractivity (Wildman–Crippen MR) is 63.5 cm³/mol. The third-order valence-electron chi connectivity index (χ3n) is 3.01. The average molecular weight is 235 g/mol. The maximum Gasteiger partial charge on any atom is 0.198 e. The van der Waals surface area contributed by atoms with Gasteiger partial charge in [0, 0.05) is 6.04 Å². The molecule has 0 aromatic carbocycles. The number of aromatic nitrogens is 4. The molecule has 1 fully saturated rings. The van der Waals surface area contributed by atoms with Gasteiger partial charge in [-0.15, -0.1) is 0 Å². The van der Waals surface area contributed by atoms with E-state index in [1.165, 1.54) is 43.8 Å². The summed E-state index contributed by atoms with van der Waals surface area (Å²) in [4.78, 5) is 8.34. The van der Waals surface area contributed by atoms with Crippen molar-refractivity contribution in [2.75, 3.05) is 5.32 Å². The minimum Gasteiger partial charge on any atom is -0.365 e. The molecule has 0 spiro atoms. The average Bonchev–Trinajstić information content (AvgIpc) is 2.80. The lowest BCUT2D eigenvalue weighted by Crippen LogP contribution is -2.23. The van der Waals surface area contributed by atoms with E-state index >= 15 is 0 Å². The van der Waals surface area contributed by atoms with Crippen molar-refractivity contribution >= 4 is 28.7 Å². The smallest absolute Gasteiger partial charge is 0.198 e. The zero-order chi connectivity index (χ0) is 10.8. The van der Waals surface area contributed by atoms with Gasteiger partial charge in [-0.05, 0) is 12.8 Å². The van der Waals surface area contributed by atoms with E-state index in [0.717, 1.165) is 11.3 Å². The highest BCUT2D eigenvalue weighted by Crippen LogP contribution is 2.23. The molecule has 0 radical (unpaired) electrons. The Labute approximate surface area is 97.6 Å². The van der Waals surface area contributed by atoms with E-state index in [-0.39, 0.29) is 0 Å². The minimum absolute atomic E-state index is 0.536. The zero-order valence-corrected chi connectivity index (χ0v) is 9.70. The summed E-state index contributed by atoms with van der Waals surface area (Å²) in [7, 11) is 0. The molecule has 2 heterocycles. The van der Waals surface area contributed by atoms with Gasteiger partial charge in [0.15, 0.2) is 17.0 Å². The van der Waals surface area contributed by atoms with Crippen molar-refractivity contribution in [3.05, 3.63) is 6.33 Å². The Morgan fingerprint density at radius 3 is 2.88 bits per heavy atom. The predicted octanol–water partition coefficient (Wildman–Crippen LogP) is 2.23. The summed E-state index contributed by atoms with van der Waals surface area (Å²) >= 11 is 1.19. The molecule has 1 aliphatic rings. The van der Waals surface area contributed by atoms with Crippen LogP contribution in [-0.2, 0) is 0 Å². The fraction of sp³-hybridized carbons (Fsp3) is 0.600. The molecule has 1 aliphatic carbocycles. The summed E-state index contributed by atoms with van der Waals surface area (Å²) in [6, 6.07) is 0.536. The van der Waals surface area contributed by atoms with E-state index < -0.39 is 0 Å². The monoisotopic (exact) mass is 235 g/mol. The van der Waals surface area contributed by atoms with Gasteiger partial charge in [-0.25, -0.2) is 9.97 Å². The molecule has 16 heavy (non-hydrogen) atoms. The first-order valence-electron chi connectivity index (χ1n) is 5.63. The number of anilines is 1. The van der Waals surface area contributed by atoms with Crippen LogP contribution in [0.1, 0.15) is 32.1 Å². The first-order chi connectivity index (χ1) is 7.93. The highest BCUT2D eigenvalue weighted by atomic mass is 32.1. The van der Waals surface area contributed by atoms with Gasteiger partial charge in [0.05, 0.1) is 11.7 Å². The van der Waals surface area contributed by atoms with Gasteiger partial charge in [-0.3, -0.25) is 0 Å². The minimum atomic E-state index is 0.536. The van der Waals surface area contributed by atoms with Crippen molar-refractivity contribution < 1.29 is 0 Å². The van der Waals surface area contributed by atoms with Crippen molar-refractivity contribution in [2.45, 2.75) is 38.1 Å². The maximum atomic E-state index is 4.26. The quantitative estimate of drug-likeness (QED) is 0.864. The van der Waals surface area contributed by atoms with Crippen LogP contribution < -0.4 is 5.32 Å². The molecule has 0 amide bonds. The molecule has 3 rings (SSSR count). The number of hydrogen-bond acceptors (Lipinski definition) is 6. The first kappa shape index (κ1) is 9.89. The fourth-order valence-corrected chi connectivity index (χ4v) is 2.67. The van der Waals surface area contributed by atoms with Crippen LogP contribution in [-0.4, -0.2) is 24.8 Å². The Balaban J connectivity index is 1.85. The van der Waals surface area contributed by atoms with Crippen molar-refractivity contribution in [3.63, 3.8) is 0 Å². The summed E-state index contributed by atoms with van der Waals surface area (Å²) in [5, 5.41) is 3.46. The molecule has 1 N–H and O–H groups in total. The summed E-state index contributed by atoms with van der Waals surface area (Å²) in [6.07, 6.45) is 7.97. The second-order valence-electron chi connectivity index (χ2n) is 4.14. The highest BCUT2D eigenvalue weighted by Gasteiger charge is 2.16. The lowest BCUT2D eigenvalue weighted by Gasteiger charge is -2.23. The molecule has 0 atom stereocenters. The van der Waals surface area contributed by atoms with Crippen LogP contribution in [0.3, 0.4) is 0 Å².